The average Bonchev–Trinajstić information content (AvgIpc) is 2.65. The van der Waals surface area contributed by atoms with Gasteiger partial charge in [-0.3, -0.25) is 14.3 Å². The van der Waals surface area contributed by atoms with Crippen molar-refractivity contribution in [3.05, 3.63) is 31.5 Å². The predicted octanol–water partition coefficient (Wildman–Crippen LogP) is -1.09. The van der Waals surface area contributed by atoms with Crippen LogP contribution in [0.1, 0.15) is 12.6 Å². The zero-order valence-electron chi connectivity index (χ0n) is 8.80. The Bertz CT molecular complexity index is 526. The van der Waals surface area contributed by atoms with E-state index in [0.717, 1.165) is 0 Å². The first-order valence-electron chi connectivity index (χ1n) is 5.07. The Labute approximate surface area is 104 Å². The van der Waals surface area contributed by atoms with E-state index in [2.05, 4.69) is 20.9 Å². The van der Waals surface area contributed by atoms with Gasteiger partial charge in [0.25, 0.3) is 5.56 Å². The minimum Gasteiger partial charge on any atom is -0.390 e. The van der Waals surface area contributed by atoms with E-state index in [0.29, 0.717) is 0 Å². The van der Waals surface area contributed by atoms with Gasteiger partial charge < -0.3 is 15.6 Å². The van der Waals surface area contributed by atoms with Crippen molar-refractivity contribution < 1.29 is 9.84 Å². The van der Waals surface area contributed by atoms with E-state index in [1.54, 1.807) is 0 Å². The molecule has 1 aliphatic rings. The van der Waals surface area contributed by atoms with Gasteiger partial charge in [0.05, 0.1) is 16.7 Å². The number of nitrogens with two attached hydrogens (primary N) is 1. The largest absolute Gasteiger partial charge is 0.390 e. The number of hydrogen-bond acceptors (Lipinski definition) is 5. The van der Waals surface area contributed by atoms with E-state index in [4.69, 9.17) is 10.5 Å². The molecule has 0 unspecified atom stereocenters. The van der Waals surface area contributed by atoms with Crippen molar-refractivity contribution >= 4 is 15.9 Å². The number of hydrogen-bond donors (Lipinski definition) is 3. The first-order valence-corrected chi connectivity index (χ1v) is 5.86. The molecule has 0 amide bonds. The predicted molar refractivity (Wildman–Crippen MR) is 62.6 cm³/mol. The monoisotopic (exact) mass is 305 g/mol. The lowest BCUT2D eigenvalue weighted by atomic mass is 10.2. The molecule has 2 rings (SSSR count). The molecule has 7 nitrogen and oxygen atoms in total. The highest BCUT2D eigenvalue weighted by molar-refractivity contribution is 9.10. The lowest BCUT2D eigenvalue weighted by Gasteiger charge is -2.14. The van der Waals surface area contributed by atoms with Crippen LogP contribution < -0.4 is 17.0 Å². The summed E-state index contributed by atoms with van der Waals surface area (Å²) in [4.78, 5) is 24.9. The topological polar surface area (TPSA) is 110 Å². The first kappa shape index (κ1) is 12.5. The molecule has 3 atom stereocenters. The van der Waals surface area contributed by atoms with Crippen LogP contribution in [0.25, 0.3) is 0 Å². The highest BCUT2D eigenvalue weighted by Crippen LogP contribution is 2.27. The molecule has 1 fully saturated rings. The summed E-state index contributed by atoms with van der Waals surface area (Å²) in [5.74, 6) is 0. The van der Waals surface area contributed by atoms with Crippen LogP contribution in [0.5, 0.6) is 0 Å². The van der Waals surface area contributed by atoms with Crippen molar-refractivity contribution in [3.8, 4) is 0 Å². The number of nitrogens with one attached hydrogen (secondary N) is 1. The van der Waals surface area contributed by atoms with Gasteiger partial charge in [0.15, 0.2) is 0 Å². The van der Waals surface area contributed by atoms with E-state index in [1.165, 1.54) is 10.8 Å². The summed E-state index contributed by atoms with van der Waals surface area (Å²) >= 11 is 3.03. The number of aliphatic hydroxyl groups is 1. The SMILES string of the molecule is NC[C@H]1O[C@@H](n2cc(Br)c(=O)[nH]c2=O)C[C@@H]1O. The molecule has 4 N–H and O–H groups in total. The van der Waals surface area contributed by atoms with Gasteiger partial charge in [-0.1, -0.05) is 0 Å². The summed E-state index contributed by atoms with van der Waals surface area (Å²) in [6.07, 6.45) is -0.197. The third kappa shape index (κ3) is 2.34. The maximum absolute atomic E-state index is 11.6. The minimum absolute atomic E-state index is 0.178. The number of aliphatic hydroxyl groups excluding tert-OH is 1. The van der Waals surface area contributed by atoms with Gasteiger partial charge in [-0.25, -0.2) is 4.79 Å². The zero-order chi connectivity index (χ0) is 12.6. The molecule has 2 heterocycles. The lowest BCUT2D eigenvalue weighted by molar-refractivity contribution is -0.0152. The van der Waals surface area contributed by atoms with Gasteiger partial charge >= 0.3 is 5.69 Å². The van der Waals surface area contributed by atoms with Gasteiger partial charge in [0.2, 0.25) is 0 Å². The molecule has 17 heavy (non-hydrogen) atoms. The summed E-state index contributed by atoms with van der Waals surface area (Å²) in [6.45, 7) is 0.178. The van der Waals surface area contributed by atoms with Crippen molar-refractivity contribution in [2.75, 3.05) is 6.54 Å². The number of aromatic nitrogens is 2. The van der Waals surface area contributed by atoms with E-state index in [1.807, 2.05) is 0 Å². The van der Waals surface area contributed by atoms with Crippen LogP contribution in [0.3, 0.4) is 0 Å². The fourth-order valence-electron chi connectivity index (χ4n) is 1.77. The molecular formula is C9H12BrN3O4. The third-order valence-electron chi connectivity index (χ3n) is 2.67. The lowest BCUT2D eigenvalue weighted by Crippen LogP contribution is -2.33. The van der Waals surface area contributed by atoms with Crippen molar-refractivity contribution in [1.29, 1.82) is 0 Å². The maximum Gasteiger partial charge on any atom is 0.330 e. The van der Waals surface area contributed by atoms with Crippen LogP contribution >= 0.6 is 15.9 Å². The molecule has 1 aromatic rings. The number of H-pyrrole nitrogens is 1. The number of nitrogens with zero attached hydrogens (tertiary/aromatic N) is 1. The molecule has 0 spiro atoms. The second kappa shape index (κ2) is 4.73. The van der Waals surface area contributed by atoms with Gasteiger partial charge in [-0.05, 0) is 15.9 Å². The molecule has 0 aliphatic carbocycles. The highest BCUT2D eigenvalue weighted by Gasteiger charge is 2.34. The fraction of sp³-hybridized carbons (Fsp3) is 0.556. The van der Waals surface area contributed by atoms with Crippen molar-refractivity contribution in [2.45, 2.75) is 24.9 Å². The molecule has 94 valence electrons. The van der Waals surface area contributed by atoms with Crippen LogP contribution in [0, 0.1) is 0 Å². The van der Waals surface area contributed by atoms with Gasteiger partial charge in [0, 0.05) is 19.2 Å². The van der Waals surface area contributed by atoms with Gasteiger partial charge in [0.1, 0.15) is 6.23 Å². The van der Waals surface area contributed by atoms with E-state index in [-0.39, 0.29) is 17.4 Å². The van der Waals surface area contributed by atoms with Gasteiger partial charge in [-0.2, -0.15) is 0 Å². The maximum atomic E-state index is 11.6. The van der Waals surface area contributed by atoms with Crippen molar-refractivity contribution in [1.82, 2.24) is 9.55 Å². The Morgan fingerprint density at radius 3 is 2.94 bits per heavy atom. The second-order valence-corrected chi connectivity index (χ2v) is 4.67. The normalized spacial score (nSPS) is 28.5. The van der Waals surface area contributed by atoms with Crippen LogP contribution in [0.2, 0.25) is 0 Å². The molecule has 1 aliphatic heterocycles. The Kier molecular flexibility index (Phi) is 3.48. The van der Waals surface area contributed by atoms with Crippen LogP contribution in [-0.4, -0.2) is 33.4 Å². The van der Waals surface area contributed by atoms with Crippen LogP contribution in [0.15, 0.2) is 20.3 Å². The molecule has 0 saturated carbocycles. The fourth-order valence-corrected chi connectivity index (χ4v) is 2.09. The number of rotatable bonds is 2. The Morgan fingerprint density at radius 2 is 2.35 bits per heavy atom. The summed E-state index contributed by atoms with van der Waals surface area (Å²) in [5, 5.41) is 9.63. The van der Waals surface area contributed by atoms with Crippen molar-refractivity contribution in [2.24, 2.45) is 5.73 Å². The zero-order valence-corrected chi connectivity index (χ0v) is 10.4. The first-order chi connectivity index (χ1) is 8.02. The number of aromatic amines is 1. The average molecular weight is 306 g/mol. The standard InChI is InChI=1S/C9H12BrN3O4/c10-4-3-13(9(16)12-8(4)15)7-1-5(14)6(2-11)17-7/h3,5-7,14H,1-2,11H2,(H,12,15,16)/t5-,6+,7+/m0/s1. The van der Waals surface area contributed by atoms with Gasteiger partial charge in [-0.15, -0.1) is 0 Å². The number of ether oxygens (including phenoxy) is 1. The van der Waals surface area contributed by atoms with Crippen LogP contribution in [-0.2, 0) is 4.74 Å². The summed E-state index contributed by atoms with van der Waals surface area (Å²) < 4.78 is 6.88. The number of halogens is 1. The molecule has 8 heteroatoms. The van der Waals surface area contributed by atoms with Crippen molar-refractivity contribution in [3.63, 3.8) is 0 Å². The third-order valence-corrected chi connectivity index (χ3v) is 3.24. The molecule has 1 aromatic heterocycles. The quantitative estimate of drug-likeness (QED) is 0.643. The van der Waals surface area contributed by atoms with E-state index < -0.39 is 29.7 Å². The second-order valence-electron chi connectivity index (χ2n) is 3.81. The summed E-state index contributed by atoms with van der Waals surface area (Å²) in [6, 6.07) is 0. The summed E-state index contributed by atoms with van der Waals surface area (Å²) in [7, 11) is 0. The molecule has 1 saturated heterocycles. The Balaban J connectivity index is 2.34. The molecule has 0 aromatic carbocycles. The van der Waals surface area contributed by atoms with E-state index >= 15 is 0 Å². The van der Waals surface area contributed by atoms with Crippen LogP contribution in [0.4, 0.5) is 0 Å². The molecular weight excluding hydrogens is 294 g/mol. The molecule has 0 bridgehead atoms. The molecule has 0 radical (unpaired) electrons. The minimum atomic E-state index is -0.706. The Morgan fingerprint density at radius 1 is 1.65 bits per heavy atom. The Hall–Kier alpha value is -0.960. The highest BCUT2D eigenvalue weighted by atomic mass is 79.9. The smallest absolute Gasteiger partial charge is 0.330 e. The summed E-state index contributed by atoms with van der Waals surface area (Å²) in [5.41, 5.74) is 4.34. The van der Waals surface area contributed by atoms with E-state index in [9.17, 15) is 14.7 Å².